The smallest absolute Gasteiger partial charge is 0.256 e. The van der Waals surface area contributed by atoms with Crippen LogP contribution in [0.4, 0.5) is 4.39 Å². The molecule has 1 unspecified atom stereocenters. The van der Waals surface area contributed by atoms with Crippen molar-refractivity contribution in [3.8, 4) is 0 Å². The summed E-state index contributed by atoms with van der Waals surface area (Å²) in [6.07, 6.45) is 0.125. The number of hydrogen-bond donors (Lipinski definition) is 0. The number of halogens is 1. The van der Waals surface area contributed by atoms with E-state index in [1.165, 1.54) is 7.41 Å². The van der Waals surface area contributed by atoms with Crippen molar-refractivity contribution in [3.63, 3.8) is 0 Å². The summed E-state index contributed by atoms with van der Waals surface area (Å²) in [6, 6.07) is 0. The highest BCUT2D eigenvalue weighted by molar-refractivity contribution is 6.42. The Kier molecular flexibility index (Phi) is 2.97. The molecule has 0 spiro atoms. The summed E-state index contributed by atoms with van der Waals surface area (Å²) in [6.45, 7) is 4.37. The molecular formula is C9H14BFNO2. The van der Waals surface area contributed by atoms with Crippen LogP contribution < -0.4 is 0 Å². The molecule has 1 saturated heterocycles. The number of carbonyl (C=O) groups is 2. The van der Waals surface area contributed by atoms with Crippen molar-refractivity contribution in [3.05, 3.63) is 0 Å². The molecule has 2 amide bonds. The lowest BCUT2D eigenvalue weighted by atomic mass is 9.78. The summed E-state index contributed by atoms with van der Waals surface area (Å²) in [7, 11) is 1.44. The van der Waals surface area contributed by atoms with E-state index < -0.39 is 18.0 Å². The first-order chi connectivity index (χ1) is 6.44. The summed E-state index contributed by atoms with van der Waals surface area (Å²) in [4.78, 5) is 24.1. The Morgan fingerprint density at radius 1 is 1.57 bits per heavy atom. The minimum absolute atomic E-state index is 0.125. The maximum atomic E-state index is 12.7. The topological polar surface area (TPSA) is 37.4 Å². The highest BCUT2D eigenvalue weighted by atomic mass is 19.1. The Bertz CT molecular complexity index is 268. The maximum Gasteiger partial charge on any atom is 0.256 e. The van der Waals surface area contributed by atoms with Crippen LogP contribution in [-0.2, 0) is 9.59 Å². The minimum Gasteiger partial charge on any atom is -0.334 e. The van der Waals surface area contributed by atoms with Crippen molar-refractivity contribution < 1.29 is 14.0 Å². The average Bonchev–Trinajstić information content (AvgIpc) is 2.42. The highest BCUT2D eigenvalue weighted by Gasteiger charge is 2.45. The van der Waals surface area contributed by atoms with Gasteiger partial charge in [-0.15, -0.1) is 0 Å². The standard InChI is InChI=1S/C9H14BFNO2/c1-9(2,5-11)6-4-7(13)12(10-3)8(6)14/h6H,4-5H2,1-3H3. The van der Waals surface area contributed by atoms with Gasteiger partial charge in [-0.3, -0.25) is 14.0 Å². The van der Waals surface area contributed by atoms with E-state index in [1.54, 1.807) is 20.7 Å². The number of alkyl halides is 1. The van der Waals surface area contributed by atoms with E-state index in [2.05, 4.69) is 0 Å². The molecule has 0 aromatic heterocycles. The first-order valence-corrected chi connectivity index (χ1v) is 4.65. The molecule has 1 atom stereocenters. The molecule has 14 heavy (non-hydrogen) atoms. The van der Waals surface area contributed by atoms with Gasteiger partial charge < -0.3 is 4.81 Å². The predicted molar refractivity (Wildman–Crippen MR) is 51.3 cm³/mol. The third-order valence-electron chi connectivity index (χ3n) is 2.73. The molecular weight excluding hydrogens is 184 g/mol. The van der Waals surface area contributed by atoms with Gasteiger partial charge in [0.05, 0.1) is 12.6 Å². The largest absolute Gasteiger partial charge is 0.334 e. The van der Waals surface area contributed by atoms with Crippen molar-refractivity contribution >= 4 is 19.2 Å². The van der Waals surface area contributed by atoms with Crippen molar-refractivity contribution in [2.45, 2.75) is 27.1 Å². The number of imide groups is 1. The second-order valence-electron chi connectivity index (χ2n) is 4.24. The fourth-order valence-corrected chi connectivity index (χ4v) is 1.63. The van der Waals surface area contributed by atoms with Gasteiger partial charge in [-0.2, -0.15) is 0 Å². The van der Waals surface area contributed by atoms with Crippen LogP contribution in [0.15, 0.2) is 0 Å². The summed E-state index contributed by atoms with van der Waals surface area (Å²) >= 11 is 0. The van der Waals surface area contributed by atoms with E-state index in [9.17, 15) is 14.0 Å². The second kappa shape index (κ2) is 3.71. The third kappa shape index (κ3) is 1.67. The number of carbonyl (C=O) groups excluding carboxylic acids is 2. The Morgan fingerprint density at radius 3 is 2.50 bits per heavy atom. The molecule has 0 bridgehead atoms. The normalized spacial score (nSPS) is 23.1. The van der Waals surface area contributed by atoms with Gasteiger partial charge in [-0.05, 0) is 0 Å². The lowest BCUT2D eigenvalue weighted by molar-refractivity contribution is -0.135. The predicted octanol–water partition coefficient (Wildman–Crippen LogP) is 1.02. The molecule has 77 valence electrons. The van der Waals surface area contributed by atoms with E-state index in [-0.39, 0.29) is 18.2 Å². The van der Waals surface area contributed by atoms with E-state index in [1.807, 2.05) is 0 Å². The molecule has 1 fully saturated rings. The van der Waals surface area contributed by atoms with Crippen LogP contribution in [0.2, 0.25) is 6.82 Å². The molecule has 0 aromatic rings. The molecule has 0 saturated carbocycles. The molecule has 0 aliphatic carbocycles. The molecule has 1 rings (SSSR count). The molecule has 1 aliphatic heterocycles. The van der Waals surface area contributed by atoms with E-state index >= 15 is 0 Å². The lowest BCUT2D eigenvalue weighted by Gasteiger charge is -2.26. The van der Waals surface area contributed by atoms with Gasteiger partial charge in [0, 0.05) is 11.8 Å². The summed E-state index contributed by atoms with van der Waals surface area (Å²) in [5.41, 5.74) is -0.746. The van der Waals surface area contributed by atoms with Gasteiger partial charge in [0.15, 0.2) is 0 Å². The van der Waals surface area contributed by atoms with Crippen LogP contribution >= 0.6 is 0 Å². The van der Waals surface area contributed by atoms with Gasteiger partial charge >= 0.3 is 0 Å². The van der Waals surface area contributed by atoms with Crippen LogP contribution in [0, 0.1) is 11.3 Å². The van der Waals surface area contributed by atoms with Crippen LogP contribution in [0.3, 0.4) is 0 Å². The van der Waals surface area contributed by atoms with E-state index in [0.717, 1.165) is 4.81 Å². The lowest BCUT2D eigenvalue weighted by Crippen LogP contribution is -2.37. The highest BCUT2D eigenvalue weighted by Crippen LogP contribution is 2.35. The van der Waals surface area contributed by atoms with Crippen molar-refractivity contribution in [2.24, 2.45) is 11.3 Å². The number of rotatable bonds is 3. The van der Waals surface area contributed by atoms with Crippen LogP contribution in [0.25, 0.3) is 0 Å². The van der Waals surface area contributed by atoms with Crippen LogP contribution in [0.5, 0.6) is 0 Å². The van der Waals surface area contributed by atoms with Crippen molar-refractivity contribution in [2.75, 3.05) is 6.67 Å². The Morgan fingerprint density at radius 2 is 2.14 bits per heavy atom. The van der Waals surface area contributed by atoms with Crippen molar-refractivity contribution in [1.29, 1.82) is 0 Å². The fourth-order valence-electron chi connectivity index (χ4n) is 1.63. The SMILES string of the molecule is C[B]N1C(=O)CC(C(C)(C)CF)C1=O. The first-order valence-electron chi connectivity index (χ1n) is 4.65. The average molecular weight is 198 g/mol. The molecule has 0 aromatic carbocycles. The summed E-state index contributed by atoms with van der Waals surface area (Å²) in [5, 5.41) is 0. The van der Waals surface area contributed by atoms with Gasteiger partial charge in [0.1, 0.15) is 0 Å². The number of amides is 2. The summed E-state index contributed by atoms with van der Waals surface area (Å²) < 4.78 is 12.7. The fraction of sp³-hybridized carbons (Fsp3) is 0.778. The second-order valence-corrected chi connectivity index (χ2v) is 4.24. The zero-order valence-corrected chi connectivity index (χ0v) is 8.71. The first kappa shape index (κ1) is 11.2. The maximum absolute atomic E-state index is 12.7. The molecule has 1 heterocycles. The molecule has 1 aliphatic rings. The zero-order chi connectivity index (χ0) is 10.9. The monoisotopic (exact) mass is 198 g/mol. The molecule has 1 radical (unpaired) electrons. The van der Waals surface area contributed by atoms with Gasteiger partial charge in [0.25, 0.3) is 7.41 Å². The third-order valence-corrected chi connectivity index (χ3v) is 2.73. The minimum atomic E-state index is -0.746. The Hall–Kier alpha value is -0.865. The Labute approximate surface area is 83.9 Å². The Balaban J connectivity index is 2.86. The van der Waals surface area contributed by atoms with Gasteiger partial charge in [-0.25, -0.2) is 0 Å². The van der Waals surface area contributed by atoms with Crippen LogP contribution in [-0.4, -0.2) is 30.7 Å². The number of hydrogen-bond acceptors (Lipinski definition) is 2. The van der Waals surface area contributed by atoms with Gasteiger partial charge in [-0.1, -0.05) is 20.7 Å². The van der Waals surface area contributed by atoms with Crippen molar-refractivity contribution in [1.82, 2.24) is 4.81 Å². The van der Waals surface area contributed by atoms with Gasteiger partial charge in [0.2, 0.25) is 11.8 Å². The number of nitrogens with zero attached hydrogens (tertiary/aromatic N) is 1. The molecule has 5 heteroatoms. The van der Waals surface area contributed by atoms with E-state index in [4.69, 9.17) is 0 Å². The van der Waals surface area contributed by atoms with Crippen LogP contribution in [0.1, 0.15) is 20.3 Å². The zero-order valence-electron chi connectivity index (χ0n) is 8.71. The molecule has 3 nitrogen and oxygen atoms in total. The summed E-state index contributed by atoms with van der Waals surface area (Å²) in [5.74, 6) is -1.03. The quantitative estimate of drug-likeness (QED) is 0.501. The van der Waals surface area contributed by atoms with E-state index in [0.29, 0.717) is 0 Å². The molecule has 0 N–H and O–H groups in total.